The summed E-state index contributed by atoms with van der Waals surface area (Å²) in [5, 5.41) is 3.22. The largest absolute Gasteiger partial charge is 0.383 e. The Hall–Kier alpha value is -1.46. The second kappa shape index (κ2) is 10.4. The van der Waals surface area contributed by atoms with Gasteiger partial charge in [0.2, 0.25) is 5.91 Å². The van der Waals surface area contributed by atoms with Crippen LogP contribution in [0.4, 0.5) is 0 Å². The average molecular weight is 333 g/mol. The van der Waals surface area contributed by atoms with Crippen molar-refractivity contribution in [3.8, 4) is 0 Å². The number of amides is 1. The lowest BCUT2D eigenvalue weighted by Crippen LogP contribution is -2.43. The first-order valence-corrected chi connectivity index (χ1v) is 9.10. The Morgan fingerprint density at radius 3 is 2.62 bits per heavy atom. The van der Waals surface area contributed by atoms with Gasteiger partial charge in [-0.15, -0.1) is 0 Å². The fourth-order valence-electron chi connectivity index (χ4n) is 3.38. The van der Waals surface area contributed by atoms with Crippen molar-refractivity contribution in [2.45, 2.75) is 57.0 Å². The molecule has 1 aromatic heterocycles. The van der Waals surface area contributed by atoms with E-state index < -0.39 is 0 Å². The summed E-state index contributed by atoms with van der Waals surface area (Å²) >= 11 is 0. The van der Waals surface area contributed by atoms with Crippen LogP contribution < -0.4 is 5.32 Å². The van der Waals surface area contributed by atoms with Crippen LogP contribution in [-0.4, -0.2) is 49.1 Å². The average Bonchev–Trinajstić information content (AvgIpc) is 2.55. The zero-order valence-electron chi connectivity index (χ0n) is 15.0. The molecule has 1 unspecified atom stereocenters. The molecule has 5 heteroatoms. The number of nitrogens with one attached hydrogen (secondary N) is 1. The molecule has 1 heterocycles. The van der Waals surface area contributed by atoms with Crippen molar-refractivity contribution in [2.24, 2.45) is 0 Å². The van der Waals surface area contributed by atoms with E-state index in [0.29, 0.717) is 19.2 Å². The molecule has 0 saturated heterocycles. The van der Waals surface area contributed by atoms with Crippen molar-refractivity contribution in [1.29, 1.82) is 0 Å². The molecule has 1 aromatic rings. The van der Waals surface area contributed by atoms with E-state index in [0.717, 1.165) is 18.5 Å². The Kier molecular flexibility index (Phi) is 8.19. The van der Waals surface area contributed by atoms with Crippen LogP contribution in [-0.2, 0) is 9.53 Å². The molecular weight excluding hydrogens is 302 g/mol. The van der Waals surface area contributed by atoms with E-state index in [1.165, 1.54) is 32.1 Å². The van der Waals surface area contributed by atoms with Crippen LogP contribution in [0, 0.1) is 0 Å². The smallest absolute Gasteiger partial charge is 0.234 e. The molecule has 1 fully saturated rings. The van der Waals surface area contributed by atoms with Gasteiger partial charge in [-0.05, 0) is 32.0 Å². The predicted molar refractivity (Wildman–Crippen MR) is 95.7 cm³/mol. The molecular formula is C19H31N3O2. The summed E-state index contributed by atoms with van der Waals surface area (Å²) in [6, 6.07) is 6.16. The summed E-state index contributed by atoms with van der Waals surface area (Å²) in [7, 11) is 3.63. The highest BCUT2D eigenvalue weighted by Gasteiger charge is 2.21. The number of methoxy groups -OCH3 is 1. The monoisotopic (exact) mass is 333 g/mol. The molecule has 0 radical (unpaired) electrons. The lowest BCUT2D eigenvalue weighted by molar-refractivity contribution is -0.123. The molecule has 1 N–H and O–H groups in total. The highest BCUT2D eigenvalue weighted by Crippen LogP contribution is 2.19. The first-order valence-electron chi connectivity index (χ1n) is 9.10. The quantitative estimate of drug-likeness (QED) is 0.833. The number of carbonyl (C=O) groups is 1. The van der Waals surface area contributed by atoms with Crippen molar-refractivity contribution < 1.29 is 9.53 Å². The lowest BCUT2D eigenvalue weighted by atomic mass is 9.97. The number of ether oxygens (including phenoxy) is 1. The van der Waals surface area contributed by atoms with Crippen LogP contribution in [0.3, 0.4) is 0 Å². The van der Waals surface area contributed by atoms with Crippen molar-refractivity contribution in [1.82, 2.24) is 15.2 Å². The molecule has 1 aliphatic carbocycles. The Morgan fingerprint density at radius 2 is 2.00 bits per heavy atom. The molecule has 0 aliphatic heterocycles. The fourth-order valence-corrected chi connectivity index (χ4v) is 3.38. The Balaban J connectivity index is 1.88. The van der Waals surface area contributed by atoms with Crippen molar-refractivity contribution in [3.63, 3.8) is 0 Å². The second-order valence-electron chi connectivity index (χ2n) is 6.75. The Morgan fingerprint density at radius 1 is 1.29 bits per heavy atom. The number of nitrogens with zero attached hydrogens (tertiary/aromatic N) is 2. The lowest BCUT2D eigenvalue weighted by Gasteiger charge is -2.28. The van der Waals surface area contributed by atoms with E-state index in [2.05, 4.69) is 10.3 Å². The van der Waals surface area contributed by atoms with Gasteiger partial charge in [0.25, 0.3) is 0 Å². The summed E-state index contributed by atoms with van der Waals surface area (Å²) in [6.45, 7) is 0.880. The number of aromatic nitrogens is 1. The molecule has 1 amide bonds. The minimum atomic E-state index is -0.0146. The number of hydrogen-bond donors (Lipinski definition) is 1. The highest BCUT2D eigenvalue weighted by molar-refractivity contribution is 5.78. The van der Waals surface area contributed by atoms with Crippen LogP contribution in [0.5, 0.6) is 0 Å². The van der Waals surface area contributed by atoms with E-state index in [9.17, 15) is 4.79 Å². The summed E-state index contributed by atoms with van der Waals surface area (Å²) in [5.74, 6) is 0.0973. The minimum absolute atomic E-state index is 0.0146. The minimum Gasteiger partial charge on any atom is -0.383 e. The van der Waals surface area contributed by atoms with Crippen LogP contribution >= 0.6 is 0 Å². The van der Waals surface area contributed by atoms with Crippen LogP contribution in [0.1, 0.15) is 56.7 Å². The number of rotatable bonds is 7. The molecule has 1 saturated carbocycles. The molecule has 1 atom stereocenters. The Labute approximate surface area is 145 Å². The zero-order chi connectivity index (χ0) is 17.2. The standard InChI is InChI=1S/C19H31N3O2/c1-22(18(15-24-2)17-12-8-9-13-20-17)14-19(23)21-16-10-6-4-3-5-7-11-16/h8-9,12-13,16,18H,3-7,10-11,14-15H2,1-2H3,(H,21,23). The highest BCUT2D eigenvalue weighted by atomic mass is 16.5. The van der Waals surface area contributed by atoms with Crippen molar-refractivity contribution >= 4 is 5.91 Å². The number of hydrogen-bond acceptors (Lipinski definition) is 4. The van der Waals surface area contributed by atoms with Gasteiger partial charge < -0.3 is 10.1 Å². The molecule has 0 aromatic carbocycles. The van der Waals surface area contributed by atoms with Gasteiger partial charge >= 0.3 is 0 Å². The van der Waals surface area contributed by atoms with Gasteiger partial charge in [-0.25, -0.2) is 0 Å². The second-order valence-corrected chi connectivity index (χ2v) is 6.75. The third kappa shape index (κ3) is 6.21. The summed E-state index contributed by atoms with van der Waals surface area (Å²) < 4.78 is 5.33. The maximum absolute atomic E-state index is 12.4. The Bertz CT molecular complexity index is 473. The first kappa shape index (κ1) is 18.9. The van der Waals surface area contributed by atoms with E-state index in [1.54, 1.807) is 13.3 Å². The van der Waals surface area contributed by atoms with Crippen LogP contribution in [0.2, 0.25) is 0 Å². The third-order valence-electron chi connectivity index (χ3n) is 4.75. The molecule has 2 rings (SSSR count). The number of likely N-dealkylation sites (N-methyl/N-ethyl adjacent to an activating group) is 1. The van der Waals surface area contributed by atoms with Gasteiger partial charge in [-0.3, -0.25) is 14.7 Å². The maximum atomic E-state index is 12.4. The molecule has 1 aliphatic rings. The van der Waals surface area contributed by atoms with Crippen LogP contribution in [0.15, 0.2) is 24.4 Å². The predicted octanol–water partition coefficient (Wildman–Crippen LogP) is 2.93. The van der Waals surface area contributed by atoms with Gasteiger partial charge in [0.15, 0.2) is 0 Å². The van der Waals surface area contributed by atoms with E-state index in [1.807, 2.05) is 30.1 Å². The summed E-state index contributed by atoms with van der Waals surface area (Å²) in [5.41, 5.74) is 0.931. The molecule has 24 heavy (non-hydrogen) atoms. The van der Waals surface area contributed by atoms with E-state index in [-0.39, 0.29) is 11.9 Å². The van der Waals surface area contributed by atoms with Gasteiger partial charge in [0.05, 0.1) is 24.9 Å². The zero-order valence-corrected chi connectivity index (χ0v) is 15.0. The van der Waals surface area contributed by atoms with Gasteiger partial charge in [0, 0.05) is 19.3 Å². The van der Waals surface area contributed by atoms with Crippen molar-refractivity contribution in [2.75, 3.05) is 27.3 Å². The van der Waals surface area contributed by atoms with E-state index >= 15 is 0 Å². The first-order chi connectivity index (χ1) is 11.7. The number of pyridine rings is 1. The normalized spacial score (nSPS) is 18.0. The summed E-state index contributed by atoms with van der Waals surface area (Å²) in [6.07, 6.45) is 10.4. The van der Waals surface area contributed by atoms with Gasteiger partial charge in [0.1, 0.15) is 0 Å². The topological polar surface area (TPSA) is 54.5 Å². The summed E-state index contributed by atoms with van der Waals surface area (Å²) in [4.78, 5) is 18.9. The molecule has 134 valence electrons. The maximum Gasteiger partial charge on any atom is 0.234 e. The molecule has 0 bridgehead atoms. The van der Waals surface area contributed by atoms with Crippen molar-refractivity contribution in [3.05, 3.63) is 30.1 Å². The SMILES string of the molecule is COCC(c1ccccn1)N(C)CC(=O)NC1CCCCCCC1. The molecule has 0 spiro atoms. The third-order valence-corrected chi connectivity index (χ3v) is 4.75. The van der Waals surface area contributed by atoms with Gasteiger partial charge in [-0.2, -0.15) is 0 Å². The van der Waals surface area contributed by atoms with Crippen LogP contribution in [0.25, 0.3) is 0 Å². The van der Waals surface area contributed by atoms with E-state index in [4.69, 9.17) is 4.74 Å². The number of carbonyl (C=O) groups excluding carboxylic acids is 1. The van der Waals surface area contributed by atoms with Gasteiger partial charge in [-0.1, -0.05) is 38.2 Å². The fraction of sp³-hybridized carbons (Fsp3) is 0.684. The molecule has 5 nitrogen and oxygen atoms in total.